The van der Waals surface area contributed by atoms with Crippen molar-refractivity contribution in [3.8, 4) is 11.1 Å². The van der Waals surface area contributed by atoms with Crippen LogP contribution in [0.2, 0.25) is 0 Å². The van der Waals surface area contributed by atoms with Crippen molar-refractivity contribution in [3.05, 3.63) is 59.7 Å². The van der Waals surface area contributed by atoms with E-state index in [0.29, 0.717) is 24.9 Å². The molecule has 2 aromatic rings. The number of carbonyl (C=O) groups excluding carboxylic acids is 2. The van der Waals surface area contributed by atoms with Gasteiger partial charge in [0.2, 0.25) is 5.91 Å². The monoisotopic (exact) mass is 434 g/mol. The van der Waals surface area contributed by atoms with E-state index in [0.717, 1.165) is 28.7 Å². The molecule has 2 N–H and O–H groups in total. The number of benzene rings is 2. The van der Waals surface area contributed by atoms with Crippen LogP contribution in [0, 0.1) is 11.8 Å². The van der Waals surface area contributed by atoms with Crippen molar-refractivity contribution >= 4 is 18.0 Å². The van der Waals surface area contributed by atoms with Crippen LogP contribution in [0.4, 0.5) is 4.79 Å². The molecule has 2 aromatic carbocycles. The van der Waals surface area contributed by atoms with E-state index >= 15 is 0 Å². The van der Waals surface area contributed by atoms with E-state index in [1.807, 2.05) is 36.4 Å². The first-order valence-electron chi connectivity index (χ1n) is 11.1. The van der Waals surface area contributed by atoms with Crippen LogP contribution >= 0.6 is 0 Å². The second-order valence-corrected chi connectivity index (χ2v) is 8.95. The molecular formula is C25H26N2O5. The number of fused-ring (bicyclic) bond motifs is 4. The van der Waals surface area contributed by atoms with Crippen LogP contribution in [-0.4, -0.2) is 53.7 Å². The average molecular weight is 434 g/mol. The lowest BCUT2D eigenvalue weighted by Gasteiger charge is -2.25. The van der Waals surface area contributed by atoms with E-state index in [1.54, 1.807) is 4.90 Å². The first kappa shape index (κ1) is 20.5. The number of carbonyl (C=O) groups is 3. The van der Waals surface area contributed by atoms with Crippen molar-refractivity contribution in [3.63, 3.8) is 0 Å². The van der Waals surface area contributed by atoms with Gasteiger partial charge in [-0.05, 0) is 46.9 Å². The number of aliphatic carboxylic acids is 1. The van der Waals surface area contributed by atoms with Gasteiger partial charge in [-0.2, -0.15) is 0 Å². The highest BCUT2D eigenvalue weighted by atomic mass is 16.5. The zero-order chi connectivity index (χ0) is 22.2. The molecule has 2 aliphatic carbocycles. The highest BCUT2D eigenvalue weighted by molar-refractivity contribution is 5.86. The molecule has 0 bridgehead atoms. The third-order valence-electron chi connectivity index (χ3n) is 6.87. The summed E-state index contributed by atoms with van der Waals surface area (Å²) in [5.41, 5.74) is 4.49. The van der Waals surface area contributed by atoms with E-state index < -0.39 is 18.1 Å². The minimum atomic E-state index is -0.999. The molecule has 3 atom stereocenters. The number of nitrogens with zero attached hydrogens (tertiary/aromatic N) is 1. The number of hydrogen-bond acceptors (Lipinski definition) is 4. The van der Waals surface area contributed by atoms with Gasteiger partial charge in [-0.15, -0.1) is 0 Å². The smallest absolute Gasteiger partial charge is 0.407 e. The Morgan fingerprint density at radius 3 is 2.19 bits per heavy atom. The number of likely N-dealkylation sites (tertiary alicyclic amines) is 1. The summed E-state index contributed by atoms with van der Waals surface area (Å²) in [7, 11) is 0. The van der Waals surface area contributed by atoms with Crippen LogP contribution in [0.25, 0.3) is 11.1 Å². The van der Waals surface area contributed by atoms with E-state index in [4.69, 9.17) is 9.84 Å². The van der Waals surface area contributed by atoms with Gasteiger partial charge in [0.05, 0.1) is 0 Å². The Kier molecular flexibility index (Phi) is 5.33. The van der Waals surface area contributed by atoms with Gasteiger partial charge in [0.1, 0.15) is 12.6 Å². The van der Waals surface area contributed by atoms with Gasteiger partial charge < -0.3 is 20.1 Å². The van der Waals surface area contributed by atoms with E-state index in [-0.39, 0.29) is 31.3 Å². The van der Waals surface area contributed by atoms with Gasteiger partial charge in [0, 0.05) is 25.4 Å². The molecule has 1 saturated carbocycles. The Morgan fingerprint density at radius 1 is 1.00 bits per heavy atom. The first-order valence-corrected chi connectivity index (χ1v) is 11.1. The van der Waals surface area contributed by atoms with Gasteiger partial charge in [-0.25, -0.2) is 4.79 Å². The largest absolute Gasteiger partial charge is 0.481 e. The third-order valence-corrected chi connectivity index (χ3v) is 6.87. The van der Waals surface area contributed by atoms with Crippen LogP contribution in [0.5, 0.6) is 0 Å². The fourth-order valence-electron chi connectivity index (χ4n) is 5.11. The molecule has 3 aliphatic rings. The number of rotatable bonds is 7. The molecular weight excluding hydrogens is 408 g/mol. The average Bonchev–Trinajstić information content (AvgIpc) is 3.27. The first-order chi connectivity index (χ1) is 15.5. The summed E-state index contributed by atoms with van der Waals surface area (Å²) in [6.45, 7) is 1.53. The number of amides is 2. The maximum Gasteiger partial charge on any atom is 0.407 e. The second-order valence-electron chi connectivity index (χ2n) is 8.95. The van der Waals surface area contributed by atoms with E-state index in [1.165, 1.54) is 0 Å². The zero-order valence-corrected chi connectivity index (χ0v) is 17.7. The van der Waals surface area contributed by atoms with Gasteiger partial charge in [-0.3, -0.25) is 9.59 Å². The highest BCUT2D eigenvalue weighted by Gasteiger charge is 2.47. The van der Waals surface area contributed by atoms with Crippen LogP contribution in [-0.2, 0) is 14.3 Å². The van der Waals surface area contributed by atoms with Crippen LogP contribution in [0.3, 0.4) is 0 Å². The van der Waals surface area contributed by atoms with Crippen LogP contribution in [0.15, 0.2) is 48.5 Å². The maximum atomic E-state index is 12.9. The number of ether oxygens (including phenoxy) is 1. The standard InChI is InChI=1S/C25H26N2O5/c28-23(29)10-9-22(24(30)27-12-15-11-16(15)13-27)26-25(31)32-14-21-19-7-3-1-5-17(19)18-6-2-4-8-20(18)21/h1-8,15-16,21-22H,9-14H2,(H,26,31)(H,28,29)/t15-,16+,22?. The van der Waals surface area contributed by atoms with E-state index in [2.05, 4.69) is 17.4 Å². The van der Waals surface area contributed by atoms with Gasteiger partial charge in [0.25, 0.3) is 0 Å². The number of piperidine rings is 1. The van der Waals surface area contributed by atoms with Crippen molar-refractivity contribution < 1.29 is 24.2 Å². The van der Waals surface area contributed by atoms with Gasteiger partial charge in [0.15, 0.2) is 0 Å². The normalized spacial score (nSPS) is 21.3. The molecule has 32 heavy (non-hydrogen) atoms. The molecule has 7 heteroatoms. The Balaban J connectivity index is 1.24. The zero-order valence-electron chi connectivity index (χ0n) is 17.7. The number of carboxylic acid groups (broad SMARTS) is 1. The van der Waals surface area contributed by atoms with Crippen molar-refractivity contribution in [2.75, 3.05) is 19.7 Å². The van der Waals surface area contributed by atoms with Crippen molar-refractivity contribution in [2.24, 2.45) is 11.8 Å². The van der Waals surface area contributed by atoms with E-state index in [9.17, 15) is 14.4 Å². The molecule has 0 spiro atoms. The molecule has 1 unspecified atom stereocenters. The van der Waals surface area contributed by atoms with Crippen molar-refractivity contribution in [1.82, 2.24) is 10.2 Å². The second kappa shape index (κ2) is 8.30. The summed E-state index contributed by atoms with van der Waals surface area (Å²) in [6, 6.07) is 15.2. The van der Waals surface area contributed by atoms with Crippen LogP contribution in [0.1, 0.15) is 36.3 Å². The summed E-state index contributed by atoms with van der Waals surface area (Å²) < 4.78 is 5.55. The molecule has 0 radical (unpaired) electrons. The SMILES string of the molecule is O=C(O)CCC(NC(=O)OCC1c2ccccc2-c2ccccc21)C(=O)N1C[C@H]2C[C@H]2C1. The summed E-state index contributed by atoms with van der Waals surface area (Å²) in [5, 5.41) is 11.7. The van der Waals surface area contributed by atoms with Gasteiger partial charge in [-0.1, -0.05) is 48.5 Å². The minimum Gasteiger partial charge on any atom is -0.481 e. The van der Waals surface area contributed by atoms with Crippen molar-refractivity contribution in [1.29, 1.82) is 0 Å². The number of hydrogen-bond donors (Lipinski definition) is 2. The predicted molar refractivity (Wildman–Crippen MR) is 117 cm³/mol. The summed E-state index contributed by atoms with van der Waals surface area (Å²) >= 11 is 0. The topological polar surface area (TPSA) is 95.9 Å². The summed E-state index contributed by atoms with van der Waals surface area (Å²) in [4.78, 5) is 38.3. The number of carboxylic acids is 1. The molecule has 1 saturated heterocycles. The number of nitrogens with one attached hydrogen (secondary N) is 1. The minimum absolute atomic E-state index is 0.0458. The quantitative estimate of drug-likeness (QED) is 0.698. The molecule has 0 aromatic heterocycles. The fraction of sp³-hybridized carbons (Fsp3) is 0.400. The Bertz CT molecular complexity index is 1010. The maximum absolute atomic E-state index is 12.9. The fourth-order valence-corrected chi connectivity index (χ4v) is 5.11. The predicted octanol–water partition coefficient (Wildman–Crippen LogP) is 3.24. The lowest BCUT2D eigenvalue weighted by molar-refractivity contribution is -0.138. The Labute approximate surface area is 186 Å². The molecule has 1 aliphatic heterocycles. The van der Waals surface area contributed by atoms with Crippen molar-refractivity contribution in [2.45, 2.75) is 31.2 Å². The van der Waals surface area contributed by atoms with Crippen LogP contribution < -0.4 is 5.32 Å². The molecule has 1 heterocycles. The molecule has 7 nitrogen and oxygen atoms in total. The summed E-state index contributed by atoms with van der Waals surface area (Å²) in [5.74, 6) is -0.164. The number of alkyl carbamates (subject to hydrolysis) is 1. The van der Waals surface area contributed by atoms with Gasteiger partial charge >= 0.3 is 12.1 Å². The molecule has 2 fully saturated rings. The highest BCUT2D eigenvalue weighted by Crippen LogP contribution is 2.45. The lowest BCUT2D eigenvalue weighted by Crippen LogP contribution is -2.48. The lowest BCUT2D eigenvalue weighted by atomic mass is 9.98. The molecule has 5 rings (SSSR count). The third kappa shape index (κ3) is 3.95. The summed E-state index contributed by atoms with van der Waals surface area (Å²) in [6.07, 6.45) is 0.314. The molecule has 166 valence electrons. The Hall–Kier alpha value is -3.35. The Morgan fingerprint density at radius 2 is 1.59 bits per heavy atom. The molecule has 2 amide bonds.